The molecule has 2 unspecified atom stereocenters. The van der Waals surface area contributed by atoms with Crippen molar-refractivity contribution in [3.8, 4) is 0 Å². The largest absolute Gasteiger partial charge is 0.376 e. The quantitative estimate of drug-likeness (QED) is 0.314. The van der Waals surface area contributed by atoms with E-state index in [2.05, 4.69) is 33.5 Å². The van der Waals surface area contributed by atoms with Gasteiger partial charge in [0, 0.05) is 29.3 Å². The third-order valence-electron chi connectivity index (χ3n) is 5.91. The van der Waals surface area contributed by atoms with Crippen LogP contribution in [0, 0.1) is 0 Å². The van der Waals surface area contributed by atoms with Crippen LogP contribution in [0.2, 0.25) is 0 Å². The molecule has 1 aliphatic heterocycles. The van der Waals surface area contributed by atoms with E-state index in [-0.39, 0.29) is 11.9 Å². The number of hydrogen-bond acceptors (Lipinski definition) is 6. The number of aromatic amines is 1. The number of Topliss-reactive ketones (excluding diaryl/α,β-unsaturated/α-hetero) is 1. The van der Waals surface area contributed by atoms with Crippen molar-refractivity contribution in [3.63, 3.8) is 0 Å². The number of ether oxygens (including phenoxy) is 1. The highest BCUT2D eigenvalue weighted by molar-refractivity contribution is 8.00. The SMILES string of the molecule is CCc1cccc2c(C(=O)C(Sc3nnnn3CC3CCCO3)c3ccccc3)c[nH]c12. The Hall–Kier alpha value is -2.97. The Morgan fingerprint density at radius 2 is 2.12 bits per heavy atom. The first kappa shape index (κ1) is 20.9. The van der Waals surface area contributed by atoms with Crippen LogP contribution in [0.25, 0.3) is 10.9 Å². The first-order valence-corrected chi connectivity index (χ1v) is 11.8. The van der Waals surface area contributed by atoms with E-state index in [9.17, 15) is 4.79 Å². The molecule has 1 saturated heterocycles. The van der Waals surface area contributed by atoms with Gasteiger partial charge < -0.3 is 9.72 Å². The zero-order valence-corrected chi connectivity index (χ0v) is 18.7. The second-order valence-electron chi connectivity index (χ2n) is 7.95. The molecule has 1 fully saturated rings. The van der Waals surface area contributed by atoms with Crippen molar-refractivity contribution in [2.45, 2.75) is 49.2 Å². The summed E-state index contributed by atoms with van der Waals surface area (Å²) in [5.41, 5.74) is 3.84. The summed E-state index contributed by atoms with van der Waals surface area (Å²) in [5.74, 6) is 0.0346. The van der Waals surface area contributed by atoms with E-state index in [0.717, 1.165) is 42.3 Å². The number of aromatic nitrogens is 5. The molecule has 0 radical (unpaired) electrons. The van der Waals surface area contributed by atoms with Gasteiger partial charge in [0.15, 0.2) is 5.78 Å². The maximum atomic E-state index is 13.9. The Balaban J connectivity index is 1.49. The Kier molecular flexibility index (Phi) is 6.05. The van der Waals surface area contributed by atoms with Gasteiger partial charge in [0.1, 0.15) is 5.25 Å². The van der Waals surface area contributed by atoms with Gasteiger partial charge in [-0.3, -0.25) is 4.79 Å². The molecule has 2 aromatic heterocycles. The third kappa shape index (κ3) is 4.08. The summed E-state index contributed by atoms with van der Waals surface area (Å²) in [6, 6.07) is 15.9. The van der Waals surface area contributed by atoms with E-state index in [1.165, 1.54) is 17.3 Å². The van der Waals surface area contributed by atoms with E-state index >= 15 is 0 Å². The number of benzene rings is 2. The molecule has 0 saturated carbocycles. The number of para-hydroxylation sites is 1. The average molecular weight is 448 g/mol. The van der Waals surface area contributed by atoms with E-state index in [4.69, 9.17) is 4.74 Å². The molecule has 3 heterocycles. The highest BCUT2D eigenvalue weighted by Gasteiger charge is 2.29. The number of tetrazole rings is 1. The number of nitrogens with one attached hydrogen (secondary N) is 1. The lowest BCUT2D eigenvalue weighted by atomic mass is 10.0. The van der Waals surface area contributed by atoms with Crippen LogP contribution in [0.3, 0.4) is 0 Å². The minimum atomic E-state index is -0.463. The highest BCUT2D eigenvalue weighted by Crippen LogP contribution is 2.38. The Morgan fingerprint density at radius 3 is 2.91 bits per heavy atom. The van der Waals surface area contributed by atoms with Crippen molar-refractivity contribution in [1.29, 1.82) is 0 Å². The summed E-state index contributed by atoms with van der Waals surface area (Å²) in [7, 11) is 0. The maximum Gasteiger partial charge on any atom is 0.210 e. The van der Waals surface area contributed by atoms with Gasteiger partial charge in [-0.15, -0.1) is 5.10 Å². The molecule has 32 heavy (non-hydrogen) atoms. The number of fused-ring (bicyclic) bond motifs is 1. The smallest absolute Gasteiger partial charge is 0.210 e. The van der Waals surface area contributed by atoms with Gasteiger partial charge in [-0.05, 0) is 40.8 Å². The van der Waals surface area contributed by atoms with E-state index in [1.54, 1.807) is 4.68 Å². The van der Waals surface area contributed by atoms with Crippen LogP contribution in [0.15, 0.2) is 59.9 Å². The molecule has 8 heteroatoms. The fourth-order valence-corrected chi connectivity index (χ4v) is 5.29. The number of carbonyl (C=O) groups excluding carboxylic acids is 1. The Labute approximate surface area is 190 Å². The number of rotatable bonds is 8. The molecular formula is C24H25N5O2S. The molecular weight excluding hydrogens is 422 g/mol. The number of carbonyl (C=O) groups is 1. The van der Waals surface area contributed by atoms with Crippen LogP contribution in [0.5, 0.6) is 0 Å². The van der Waals surface area contributed by atoms with Crippen molar-refractivity contribution in [2.75, 3.05) is 6.61 Å². The predicted octanol–water partition coefficient (Wildman–Crippen LogP) is 4.61. The summed E-state index contributed by atoms with van der Waals surface area (Å²) in [6.45, 7) is 3.49. The fourth-order valence-electron chi connectivity index (χ4n) is 4.24. The van der Waals surface area contributed by atoms with Crippen LogP contribution in [0.4, 0.5) is 0 Å². The lowest BCUT2D eigenvalue weighted by Crippen LogP contribution is -2.18. The van der Waals surface area contributed by atoms with Crippen molar-refractivity contribution in [2.24, 2.45) is 0 Å². The van der Waals surface area contributed by atoms with Crippen LogP contribution in [-0.2, 0) is 17.7 Å². The number of H-pyrrole nitrogens is 1. The normalized spacial score (nSPS) is 17.1. The number of nitrogens with zero attached hydrogens (tertiary/aromatic N) is 4. The van der Waals surface area contributed by atoms with Crippen molar-refractivity contribution in [3.05, 3.63) is 71.4 Å². The molecule has 1 N–H and O–H groups in total. The van der Waals surface area contributed by atoms with E-state index in [1.807, 2.05) is 48.7 Å². The summed E-state index contributed by atoms with van der Waals surface area (Å²) in [5, 5.41) is 13.4. The van der Waals surface area contributed by atoms with Gasteiger partial charge in [0.25, 0.3) is 0 Å². The summed E-state index contributed by atoms with van der Waals surface area (Å²) in [4.78, 5) is 17.2. The van der Waals surface area contributed by atoms with Gasteiger partial charge in [-0.25, -0.2) is 4.68 Å². The maximum absolute atomic E-state index is 13.9. The van der Waals surface area contributed by atoms with Crippen LogP contribution < -0.4 is 0 Å². The predicted molar refractivity (Wildman–Crippen MR) is 124 cm³/mol. The van der Waals surface area contributed by atoms with Crippen molar-refractivity contribution < 1.29 is 9.53 Å². The molecule has 0 aliphatic carbocycles. The average Bonchev–Trinajstić information content (AvgIpc) is 3.59. The molecule has 2 aromatic carbocycles. The fraction of sp³-hybridized carbons (Fsp3) is 0.333. The first-order chi connectivity index (χ1) is 15.7. The summed E-state index contributed by atoms with van der Waals surface area (Å²) in [6.07, 6.45) is 4.91. The van der Waals surface area contributed by atoms with Crippen LogP contribution in [0.1, 0.15) is 46.5 Å². The van der Waals surface area contributed by atoms with Gasteiger partial charge in [0.05, 0.1) is 12.6 Å². The van der Waals surface area contributed by atoms with Gasteiger partial charge in [0.2, 0.25) is 5.16 Å². The summed E-state index contributed by atoms with van der Waals surface area (Å²) < 4.78 is 7.51. The third-order valence-corrected chi connectivity index (χ3v) is 7.14. The lowest BCUT2D eigenvalue weighted by Gasteiger charge is -2.16. The molecule has 2 atom stereocenters. The standard InChI is InChI=1S/C24H25N5O2S/c1-2-16-10-6-12-19-20(14-25-21(16)19)22(30)23(17-8-4-3-5-9-17)32-24-26-27-28-29(24)15-18-11-7-13-31-18/h3-6,8-10,12,14,18,23,25H,2,7,11,13,15H2,1H3. The molecule has 0 bridgehead atoms. The first-order valence-electron chi connectivity index (χ1n) is 11.0. The monoisotopic (exact) mass is 447 g/mol. The Morgan fingerprint density at radius 1 is 1.25 bits per heavy atom. The Bertz CT molecular complexity index is 1210. The van der Waals surface area contributed by atoms with Crippen LogP contribution in [-0.4, -0.2) is 43.7 Å². The number of thioether (sulfide) groups is 1. The molecule has 0 spiro atoms. The topological polar surface area (TPSA) is 85.7 Å². The van der Waals surface area contributed by atoms with Gasteiger partial charge in [-0.2, -0.15) is 0 Å². The minimum Gasteiger partial charge on any atom is -0.376 e. The number of aryl methyl sites for hydroxylation is 1. The molecule has 0 amide bonds. The molecule has 1 aliphatic rings. The second-order valence-corrected chi connectivity index (χ2v) is 9.02. The minimum absolute atomic E-state index is 0.0346. The van der Waals surface area contributed by atoms with Gasteiger partial charge >= 0.3 is 0 Å². The number of ketones is 1. The van der Waals surface area contributed by atoms with E-state index in [0.29, 0.717) is 17.3 Å². The van der Waals surface area contributed by atoms with Crippen LogP contribution >= 0.6 is 11.8 Å². The molecule has 5 rings (SSSR count). The lowest BCUT2D eigenvalue weighted by molar-refractivity contribution is 0.0911. The molecule has 7 nitrogen and oxygen atoms in total. The van der Waals surface area contributed by atoms with Gasteiger partial charge in [-0.1, -0.05) is 67.2 Å². The van der Waals surface area contributed by atoms with Crippen molar-refractivity contribution >= 4 is 28.4 Å². The highest BCUT2D eigenvalue weighted by atomic mass is 32.2. The summed E-state index contributed by atoms with van der Waals surface area (Å²) >= 11 is 1.39. The van der Waals surface area contributed by atoms with Crippen molar-refractivity contribution in [1.82, 2.24) is 25.2 Å². The van der Waals surface area contributed by atoms with E-state index < -0.39 is 5.25 Å². The zero-order chi connectivity index (χ0) is 21.9. The number of hydrogen-bond donors (Lipinski definition) is 1. The molecule has 4 aromatic rings. The molecule has 164 valence electrons. The second kappa shape index (κ2) is 9.26. The zero-order valence-electron chi connectivity index (χ0n) is 17.9.